The number of rotatable bonds is 4. The van der Waals surface area contributed by atoms with Crippen LogP contribution in [0.15, 0.2) is 54.2 Å². The molecule has 0 spiro atoms. The number of para-hydroxylation sites is 1. The lowest BCUT2D eigenvalue weighted by atomic mass is 10.1. The van der Waals surface area contributed by atoms with E-state index in [0.717, 1.165) is 22.6 Å². The van der Waals surface area contributed by atoms with Crippen molar-refractivity contribution in [2.24, 2.45) is 0 Å². The number of aromatic nitrogens is 2. The zero-order valence-corrected chi connectivity index (χ0v) is 13.2. The third kappa shape index (κ3) is 3.28. The number of nitrogens with zero attached hydrogens (tertiary/aromatic N) is 3. The zero-order valence-electron chi connectivity index (χ0n) is 12.4. The minimum Gasteiger partial charge on any atom is -0.496 e. The summed E-state index contributed by atoms with van der Waals surface area (Å²) in [5.74, 6) is 0.728. The molecule has 0 amide bonds. The maximum atomic E-state index is 9.48. The van der Waals surface area contributed by atoms with Crippen LogP contribution in [-0.4, -0.2) is 17.1 Å². The first kappa shape index (κ1) is 14.9. The second-order valence-electron chi connectivity index (χ2n) is 4.69. The molecular formula is C18H13N3OS. The van der Waals surface area contributed by atoms with Gasteiger partial charge in [-0.2, -0.15) is 5.26 Å². The third-order valence-corrected chi connectivity index (χ3v) is 4.15. The van der Waals surface area contributed by atoms with Crippen LogP contribution in [0.5, 0.6) is 5.75 Å². The fraction of sp³-hybridized carbons (Fsp3) is 0.0556. The van der Waals surface area contributed by atoms with Crippen molar-refractivity contribution in [2.75, 3.05) is 7.11 Å². The molecule has 3 rings (SSSR count). The van der Waals surface area contributed by atoms with Gasteiger partial charge in [0, 0.05) is 28.9 Å². The van der Waals surface area contributed by atoms with Gasteiger partial charge in [-0.05, 0) is 24.3 Å². The number of methoxy groups -OCH3 is 1. The topological polar surface area (TPSA) is 58.8 Å². The van der Waals surface area contributed by atoms with Crippen LogP contribution in [-0.2, 0) is 0 Å². The summed E-state index contributed by atoms with van der Waals surface area (Å²) in [6.07, 6.45) is 5.25. The normalized spacial score (nSPS) is 11.0. The SMILES string of the molecule is COc1ccccc1/C=C(\C#N)c1nc(-c2ccncc2)cs1. The molecule has 3 aromatic rings. The summed E-state index contributed by atoms with van der Waals surface area (Å²) >= 11 is 1.45. The van der Waals surface area contributed by atoms with Gasteiger partial charge >= 0.3 is 0 Å². The highest BCUT2D eigenvalue weighted by molar-refractivity contribution is 7.11. The quantitative estimate of drug-likeness (QED) is 0.674. The van der Waals surface area contributed by atoms with Crippen molar-refractivity contribution in [1.29, 1.82) is 5.26 Å². The van der Waals surface area contributed by atoms with E-state index in [0.29, 0.717) is 10.6 Å². The average molecular weight is 319 g/mol. The second-order valence-corrected chi connectivity index (χ2v) is 5.54. The first-order valence-electron chi connectivity index (χ1n) is 6.93. The number of allylic oxidation sites excluding steroid dienone is 1. The van der Waals surface area contributed by atoms with Crippen LogP contribution in [0.3, 0.4) is 0 Å². The van der Waals surface area contributed by atoms with Crippen LogP contribution in [0, 0.1) is 11.3 Å². The van der Waals surface area contributed by atoms with Crippen molar-refractivity contribution in [1.82, 2.24) is 9.97 Å². The fourth-order valence-electron chi connectivity index (χ4n) is 2.14. The first-order valence-corrected chi connectivity index (χ1v) is 7.81. The van der Waals surface area contributed by atoms with Crippen LogP contribution >= 0.6 is 11.3 Å². The van der Waals surface area contributed by atoms with E-state index in [4.69, 9.17) is 4.74 Å². The van der Waals surface area contributed by atoms with Gasteiger partial charge in [-0.25, -0.2) is 4.98 Å². The number of thiazole rings is 1. The van der Waals surface area contributed by atoms with E-state index >= 15 is 0 Å². The Morgan fingerprint density at radius 1 is 1.22 bits per heavy atom. The standard InChI is InChI=1S/C18H13N3OS/c1-22-17-5-3-2-4-14(17)10-15(11-19)18-21-16(12-23-18)13-6-8-20-9-7-13/h2-10,12H,1H3/b15-10+. The Bertz CT molecular complexity index is 879. The lowest BCUT2D eigenvalue weighted by Crippen LogP contribution is -1.87. The Labute approximate surface area is 138 Å². The van der Waals surface area contributed by atoms with E-state index in [2.05, 4.69) is 16.0 Å². The molecule has 0 unspecified atom stereocenters. The van der Waals surface area contributed by atoms with E-state index in [9.17, 15) is 5.26 Å². The van der Waals surface area contributed by atoms with Gasteiger partial charge in [-0.15, -0.1) is 11.3 Å². The Kier molecular flexibility index (Phi) is 4.46. The number of hydrogen-bond acceptors (Lipinski definition) is 5. The highest BCUT2D eigenvalue weighted by atomic mass is 32.1. The molecule has 4 nitrogen and oxygen atoms in total. The Hall–Kier alpha value is -2.97. The van der Waals surface area contributed by atoms with Crippen LogP contribution < -0.4 is 4.74 Å². The van der Waals surface area contributed by atoms with Crippen molar-refractivity contribution in [3.63, 3.8) is 0 Å². The largest absolute Gasteiger partial charge is 0.496 e. The molecule has 0 N–H and O–H groups in total. The number of hydrogen-bond donors (Lipinski definition) is 0. The van der Waals surface area contributed by atoms with E-state index in [-0.39, 0.29) is 0 Å². The van der Waals surface area contributed by atoms with Crippen LogP contribution in [0.1, 0.15) is 10.6 Å². The van der Waals surface area contributed by atoms with Crippen molar-refractivity contribution in [3.8, 4) is 23.1 Å². The molecule has 2 aromatic heterocycles. The number of benzene rings is 1. The molecule has 0 radical (unpaired) electrons. The molecule has 5 heteroatoms. The summed E-state index contributed by atoms with van der Waals surface area (Å²) in [5.41, 5.74) is 3.19. The monoisotopic (exact) mass is 319 g/mol. The highest BCUT2D eigenvalue weighted by Crippen LogP contribution is 2.28. The van der Waals surface area contributed by atoms with Crippen LogP contribution in [0.4, 0.5) is 0 Å². The van der Waals surface area contributed by atoms with E-state index in [1.165, 1.54) is 11.3 Å². The predicted octanol–water partition coefficient (Wildman–Crippen LogP) is 4.28. The number of nitriles is 1. The van der Waals surface area contributed by atoms with Crippen molar-refractivity contribution >= 4 is 23.0 Å². The van der Waals surface area contributed by atoms with E-state index in [1.807, 2.05) is 41.8 Å². The predicted molar refractivity (Wildman–Crippen MR) is 91.8 cm³/mol. The zero-order chi connectivity index (χ0) is 16.1. The summed E-state index contributed by atoms with van der Waals surface area (Å²) in [6, 6.07) is 13.6. The lowest BCUT2D eigenvalue weighted by Gasteiger charge is -2.04. The molecule has 23 heavy (non-hydrogen) atoms. The molecule has 0 bridgehead atoms. The maximum absolute atomic E-state index is 9.48. The van der Waals surface area contributed by atoms with Gasteiger partial charge in [0.15, 0.2) is 0 Å². The molecule has 0 aliphatic rings. The molecule has 0 fully saturated rings. The van der Waals surface area contributed by atoms with Crippen LogP contribution in [0.25, 0.3) is 22.9 Å². The van der Waals surface area contributed by atoms with Gasteiger partial charge in [-0.3, -0.25) is 4.98 Å². The maximum Gasteiger partial charge on any atom is 0.134 e. The molecular weight excluding hydrogens is 306 g/mol. The number of ether oxygens (including phenoxy) is 1. The van der Waals surface area contributed by atoms with Crippen molar-refractivity contribution < 1.29 is 4.74 Å². The molecule has 0 saturated carbocycles. The van der Waals surface area contributed by atoms with Gasteiger partial charge in [0.25, 0.3) is 0 Å². The van der Waals surface area contributed by atoms with Gasteiger partial charge in [0.1, 0.15) is 16.8 Å². The molecule has 112 valence electrons. The minimum absolute atomic E-state index is 0.514. The van der Waals surface area contributed by atoms with E-state index < -0.39 is 0 Å². The smallest absolute Gasteiger partial charge is 0.134 e. The van der Waals surface area contributed by atoms with E-state index in [1.54, 1.807) is 25.6 Å². The summed E-state index contributed by atoms with van der Waals surface area (Å²) < 4.78 is 5.32. The second kappa shape index (κ2) is 6.86. The highest BCUT2D eigenvalue weighted by Gasteiger charge is 2.10. The Balaban J connectivity index is 1.98. The molecule has 1 aromatic carbocycles. The van der Waals surface area contributed by atoms with Crippen LogP contribution in [0.2, 0.25) is 0 Å². The summed E-state index contributed by atoms with van der Waals surface area (Å²) in [6.45, 7) is 0. The van der Waals surface area contributed by atoms with Gasteiger partial charge in [0.2, 0.25) is 0 Å². The molecule has 0 aliphatic carbocycles. The molecule has 0 saturated heterocycles. The summed E-state index contributed by atoms with van der Waals surface area (Å²) in [5, 5.41) is 12.1. The molecule has 0 aliphatic heterocycles. The molecule has 2 heterocycles. The minimum atomic E-state index is 0.514. The number of pyridine rings is 1. The fourth-order valence-corrected chi connectivity index (χ4v) is 2.93. The van der Waals surface area contributed by atoms with Gasteiger partial charge in [0.05, 0.1) is 18.4 Å². The first-order chi connectivity index (χ1) is 11.3. The third-order valence-electron chi connectivity index (χ3n) is 3.27. The summed E-state index contributed by atoms with van der Waals surface area (Å²) in [7, 11) is 1.61. The lowest BCUT2D eigenvalue weighted by molar-refractivity contribution is 0.414. The Morgan fingerprint density at radius 3 is 2.74 bits per heavy atom. The van der Waals surface area contributed by atoms with Crippen molar-refractivity contribution in [2.45, 2.75) is 0 Å². The molecule has 0 atom stereocenters. The summed E-state index contributed by atoms with van der Waals surface area (Å²) in [4.78, 5) is 8.56. The average Bonchev–Trinajstić information content (AvgIpc) is 3.10. The van der Waals surface area contributed by atoms with Gasteiger partial charge < -0.3 is 4.74 Å². The van der Waals surface area contributed by atoms with Crippen molar-refractivity contribution in [3.05, 3.63) is 64.7 Å². The Morgan fingerprint density at radius 2 is 2.00 bits per heavy atom. The van der Waals surface area contributed by atoms with Gasteiger partial charge in [-0.1, -0.05) is 18.2 Å².